The molecule has 5 heteroatoms. The molecule has 2 amide bonds. The molecule has 132 valence electrons. The van der Waals surface area contributed by atoms with Gasteiger partial charge in [0.15, 0.2) is 0 Å². The van der Waals surface area contributed by atoms with Crippen LogP contribution in [0.25, 0.3) is 0 Å². The van der Waals surface area contributed by atoms with Gasteiger partial charge in [0.25, 0.3) is 5.91 Å². The number of fused-ring (bicyclic) bond motifs is 1. The van der Waals surface area contributed by atoms with Crippen molar-refractivity contribution in [1.29, 1.82) is 0 Å². The number of hydrogen-bond donors (Lipinski definition) is 1. The average molecular weight is 356 g/mol. The molecule has 0 fully saturated rings. The van der Waals surface area contributed by atoms with Crippen LogP contribution in [-0.2, 0) is 17.6 Å². The maximum atomic E-state index is 12.6. The Hall–Kier alpha value is -2.14. The summed E-state index contributed by atoms with van der Waals surface area (Å²) < 4.78 is 0. The number of hydrogen-bond acceptors (Lipinski definition) is 3. The first-order valence-electron chi connectivity index (χ1n) is 8.69. The van der Waals surface area contributed by atoms with Crippen LogP contribution in [-0.4, -0.2) is 30.3 Å². The predicted octanol–water partition coefficient (Wildman–Crippen LogP) is 3.95. The fraction of sp³-hybridized carbons (Fsp3) is 0.400. The summed E-state index contributed by atoms with van der Waals surface area (Å²) in [5.74, 6) is -0.249. The smallest absolute Gasteiger partial charge is 0.264 e. The number of thiophene rings is 1. The minimum absolute atomic E-state index is 0.0504. The third-order valence-electron chi connectivity index (χ3n) is 4.81. The molecule has 0 bridgehead atoms. The number of nitrogens with one attached hydrogen (secondary N) is 1. The summed E-state index contributed by atoms with van der Waals surface area (Å²) in [4.78, 5) is 28.5. The molecule has 1 aliphatic rings. The predicted molar refractivity (Wildman–Crippen MR) is 102 cm³/mol. The molecule has 1 N–H and O–H groups in total. The second-order valence-electron chi connectivity index (χ2n) is 6.72. The normalized spacial score (nSPS) is 13.2. The highest BCUT2D eigenvalue weighted by Crippen LogP contribution is 2.30. The number of aryl methyl sites for hydroxylation is 3. The van der Waals surface area contributed by atoms with E-state index < -0.39 is 0 Å². The molecular weight excluding hydrogens is 332 g/mol. The van der Waals surface area contributed by atoms with Crippen molar-refractivity contribution in [2.75, 3.05) is 18.9 Å². The van der Waals surface area contributed by atoms with Crippen LogP contribution in [0.3, 0.4) is 0 Å². The van der Waals surface area contributed by atoms with E-state index in [2.05, 4.69) is 5.32 Å². The molecule has 0 saturated carbocycles. The van der Waals surface area contributed by atoms with Gasteiger partial charge in [0.2, 0.25) is 5.91 Å². The second kappa shape index (κ2) is 7.40. The molecule has 3 rings (SSSR count). The van der Waals surface area contributed by atoms with E-state index in [9.17, 15) is 9.59 Å². The Balaban J connectivity index is 1.64. The van der Waals surface area contributed by atoms with Crippen LogP contribution in [0, 0.1) is 13.8 Å². The third kappa shape index (κ3) is 3.93. The van der Waals surface area contributed by atoms with E-state index in [1.807, 2.05) is 38.1 Å². The molecule has 1 aliphatic carbocycles. The summed E-state index contributed by atoms with van der Waals surface area (Å²) in [7, 11) is 1.68. The molecular formula is C20H24N2O2S. The molecule has 25 heavy (non-hydrogen) atoms. The number of carbonyl (C=O) groups excluding carboxylic acids is 2. The quantitative estimate of drug-likeness (QED) is 0.902. The van der Waals surface area contributed by atoms with Gasteiger partial charge in [0.1, 0.15) is 0 Å². The molecule has 1 heterocycles. The van der Waals surface area contributed by atoms with Gasteiger partial charge in [-0.3, -0.25) is 9.59 Å². The minimum Gasteiger partial charge on any atom is -0.332 e. The summed E-state index contributed by atoms with van der Waals surface area (Å²) >= 11 is 1.58. The molecule has 0 saturated heterocycles. The lowest BCUT2D eigenvalue weighted by atomic mass is 9.99. The molecule has 0 spiro atoms. The van der Waals surface area contributed by atoms with Crippen molar-refractivity contribution in [2.24, 2.45) is 0 Å². The van der Waals surface area contributed by atoms with Crippen molar-refractivity contribution < 1.29 is 9.59 Å². The van der Waals surface area contributed by atoms with Crippen LogP contribution in [0.1, 0.15) is 44.1 Å². The first kappa shape index (κ1) is 17.7. The van der Waals surface area contributed by atoms with Crippen LogP contribution in [0.2, 0.25) is 0 Å². The van der Waals surface area contributed by atoms with Gasteiger partial charge >= 0.3 is 0 Å². The van der Waals surface area contributed by atoms with Gasteiger partial charge in [0.05, 0.1) is 11.4 Å². The zero-order chi connectivity index (χ0) is 18.0. The number of amides is 2. The first-order valence-corrected chi connectivity index (χ1v) is 9.50. The first-order chi connectivity index (χ1) is 12.0. The van der Waals surface area contributed by atoms with Gasteiger partial charge in [0, 0.05) is 17.6 Å². The number of nitrogens with zero attached hydrogens (tertiary/aromatic N) is 1. The Kier molecular flexibility index (Phi) is 5.23. The number of rotatable bonds is 4. The Labute approximate surface area is 152 Å². The van der Waals surface area contributed by atoms with Gasteiger partial charge in [-0.25, -0.2) is 0 Å². The van der Waals surface area contributed by atoms with Crippen LogP contribution >= 0.6 is 11.3 Å². The lowest BCUT2D eigenvalue weighted by Crippen LogP contribution is -2.34. The summed E-state index contributed by atoms with van der Waals surface area (Å²) in [5.41, 5.74) is 4.30. The third-order valence-corrected chi connectivity index (χ3v) is 6.04. The molecule has 4 nitrogen and oxygen atoms in total. The van der Waals surface area contributed by atoms with E-state index in [1.165, 1.54) is 28.2 Å². The summed E-state index contributed by atoms with van der Waals surface area (Å²) in [6.07, 6.45) is 4.54. The van der Waals surface area contributed by atoms with E-state index >= 15 is 0 Å². The van der Waals surface area contributed by atoms with Crippen molar-refractivity contribution in [2.45, 2.75) is 39.5 Å². The Bertz CT molecular complexity index is 787. The van der Waals surface area contributed by atoms with Gasteiger partial charge in [-0.1, -0.05) is 12.1 Å². The molecule has 2 aromatic rings. The average Bonchev–Trinajstić information content (AvgIpc) is 3.02. The maximum absolute atomic E-state index is 12.6. The highest BCUT2D eigenvalue weighted by atomic mass is 32.1. The topological polar surface area (TPSA) is 49.4 Å². The van der Waals surface area contributed by atoms with E-state index in [0.29, 0.717) is 0 Å². The lowest BCUT2D eigenvalue weighted by molar-refractivity contribution is -0.116. The van der Waals surface area contributed by atoms with Gasteiger partial charge in [-0.05, 0) is 68.4 Å². The summed E-state index contributed by atoms with van der Waals surface area (Å²) in [6, 6.07) is 7.83. The minimum atomic E-state index is -0.175. The number of likely N-dealkylation sites (N-methyl/N-ethyl adjacent to an activating group) is 1. The standard InChI is InChI=1S/C20H24N2O2S/c1-13-7-6-9-16(14(13)2)21-19(23)12-22(3)20(24)18-11-15-8-4-5-10-17(15)25-18/h6-7,9,11H,4-5,8,10,12H2,1-3H3,(H,21,23). The molecule has 0 unspecified atom stereocenters. The molecule has 0 radical (unpaired) electrons. The largest absolute Gasteiger partial charge is 0.332 e. The molecule has 0 atom stereocenters. The van der Waals surface area contributed by atoms with E-state index in [-0.39, 0.29) is 18.4 Å². The lowest BCUT2D eigenvalue weighted by Gasteiger charge is -2.17. The van der Waals surface area contributed by atoms with Crippen LogP contribution in [0.15, 0.2) is 24.3 Å². The maximum Gasteiger partial charge on any atom is 0.264 e. The monoisotopic (exact) mass is 356 g/mol. The SMILES string of the molecule is Cc1cccc(NC(=O)CN(C)C(=O)c2cc3c(s2)CCCC3)c1C. The molecule has 1 aromatic heterocycles. The van der Waals surface area contributed by atoms with Crippen molar-refractivity contribution in [3.8, 4) is 0 Å². The van der Waals surface area contributed by atoms with Crippen LogP contribution < -0.4 is 5.32 Å². The highest BCUT2D eigenvalue weighted by Gasteiger charge is 2.21. The molecule has 1 aromatic carbocycles. The van der Waals surface area contributed by atoms with E-state index in [0.717, 1.165) is 34.5 Å². The van der Waals surface area contributed by atoms with Crippen molar-refractivity contribution in [1.82, 2.24) is 4.90 Å². The zero-order valence-electron chi connectivity index (χ0n) is 15.0. The Morgan fingerprint density at radius 3 is 2.72 bits per heavy atom. The fourth-order valence-electron chi connectivity index (χ4n) is 3.15. The second-order valence-corrected chi connectivity index (χ2v) is 7.86. The Morgan fingerprint density at radius 2 is 1.96 bits per heavy atom. The van der Waals surface area contributed by atoms with E-state index in [4.69, 9.17) is 0 Å². The van der Waals surface area contributed by atoms with Crippen LogP contribution in [0.4, 0.5) is 5.69 Å². The van der Waals surface area contributed by atoms with Crippen molar-refractivity contribution in [3.05, 3.63) is 50.7 Å². The Morgan fingerprint density at radius 1 is 1.20 bits per heavy atom. The van der Waals surface area contributed by atoms with Crippen LogP contribution in [0.5, 0.6) is 0 Å². The van der Waals surface area contributed by atoms with E-state index in [1.54, 1.807) is 18.4 Å². The summed E-state index contributed by atoms with van der Waals surface area (Å²) in [6.45, 7) is 4.05. The van der Waals surface area contributed by atoms with Gasteiger partial charge < -0.3 is 10.2 Å². The zero-order valence-corrected chi connectivity index (χ0v) is 15.8. The van der Waals surface area contributed by atoms with Gasteiger partial charge in [-0.15, -0.1) is 11.3 Å². The van der Waals surface area contributed by atoms with Crippen molar-refractivity contribution >= 4 is 28.8 Å². The highest BCUT2D eigenvalue weighted by molar-refractivity contribution is 7.14. The number of benzene rings is 1. The number of carbonyl (C=O) groups is 2. The van der Waals surface area contributed by atoms with Gasteiger partial charge in [-0.2, -0.15) is 0 Å². The molecule has 0 aliphatic heterocycles. The van der Waals surface area contributed by atoms with Crippen molar-refractivity contribution in [3.63, 3.8) is 0 Å². The number of anilines is 1. The summed E-state index contributed by atoms with van der Waals surface area (Å²) in [5, 5.41) is 2.91. The fourth-order valence-corrected chi connectivity index (χ4v) is 4.40.